The van der Waals surface area contributed by atoms with Crippen LogP contribution in [0.4, 0.5) is 8.78 Å². The van der Waals surface area contributed by atoms with Gasteiger partial charge < -0.3 is 10.2 Å². The summed E-state index contributed by atoms with van der Waals surface area (Å²) in [6.07, 6.45) is 2.77. The second-order valence-electron chi connectivity index (χ2n) is 6.11. The maximum absolute atomic E-state index is 13.8. The van der Waals surface area contributed by atoms with Gasteiger partial charge in [0, 0.05) is 31.1 Å². The monoisotopic (exact) mass is 320 g/mol. The number of rotatable bonds is 4. The zero-order valence-corrected chi connectivity index (χ0v) is 12.6. The molecule has 2 amide bonds. The summed E-state index contributed by atoms with van der Waals surface area (Å²) in [5.74, 6) is -1.81. The summed E-state index contributed by atoms with van der Waals surface area (Å²) in [7, 11) is 0. The Morgan fingerprint density at radius 3 is 2.57 bits per heavy atom. The standard InChI is InChI=1S/C17H18F2N2O2/c1-2-16(22)21-8-10(9-21)17(23)20-15-6-5-13(15)12-4-3-11(18)7-14(12)19/h2-4,7,10,13,15H,1,5-6,8-9H2,(H,20,23)/t13-,15-/m0/s1. The molecule has 122 valence electrons. The predicted molar refractivity (Wildman–Crippen MR) is 80.5 cm³/mol. The fraction of sp³-hybridized carbons (Fsp3) is 0.412. The first kappa shape index (κ1) is 15.6. The summed E-state index contributed by atoms with van der Waals surface area (Å²) < 4.78 is 26.8. The molecule has 1 saturated heterocycles. The molecule has 0 spiro atoms. The van der Waals surface area contributed by atoms with E-state index in [0.29, 0.717) is 18.7 Å². The Kier molecular flexibility index (Phi) is 4.15. The summed E-state index contributed by atoms with van der Waals surface area (Å²) in [5, 5.41) is 2.92. The third kappa shape index (κ3) is 2.98. The van der Waals surface area contributed by atoms with Crippen molar-refractivity contribution < 1.29 is 18.4 Å². The van der Waals surface area contributed by atoms with Crippen LogP contribution in [0.2, 0.25) is 0 Å². The van der Waals surface area contributed by atoms with E-state index in [1.807, 2.05) is 0 Å². The molecule has 1 aromatic carbocycles. The van der Waals surface area contributed by atoms with Crippen LogP contribution < -0.4 is 5.32 Å². The fourth-order valence-electron chi connectivity index (χ4n) is 3.10. The number of carbonyl (C=O) groups excluding carboxylic acids is 2. The van der Waals surface area contributed by atoms with E-state index in [0.717, 1.165) is 18.9 Å². The molecule has 0 radical (unpaired) electrons. The Morgan fingerprint density at radius 2 is 2.00 bits per heavy atom. The number of hydrogen-bond acceptors (Lipinski definition) is 2. The van der Waals surface area contributed by atoms with Gasteiger partial charge in [-0.2, -0.15) is 0 Å². The van der Waals surface area contributed by atoms with E-state index >= 15 is 0 Å². The van der Waals surface area contributed by atoms with Gasteiger partial charge in [-0.3, -0.25) is 9.59 Å². The molecule has 4 nitrogen and oxygen atoms in total. The van der Waals surface area contributed by atoms with Crippen molar-refractivity contribution in [1.82, 2.24) is 10.2 Å². The van der Waals surface area contributed by atoms with Crippen molar-refractivity contribution in [1.29, 1.82) is 0 Å². The minimum atomic E-state index is -0.604. The molecule has 1 aromatic rings. The van der Waals surface area contributed by atoms with Crippen LogP contribution in [0.15, 0.2) is 30.9 Å². The van der Waals surface area contributed by atoms with Crippen LogP contribution in [-0.4, -0.2) is 35.8 Å². The van der Waals surface area contributed by atoms with Crippen LogP contribution in [0, 0.1) is 17.6 Å². The summed E-state index contributed by atoms with van der Waals surface area (Å²) in [6, 6.07) is 3.42. The van der Waals surface area contributed by atoms with Gasteiger partial charge in [-0.15, -0.1) is 0 Å². The zero-order valence-electron chi connectivity index (χ0n) is 12.6. The topological polar surface area (TPSA) is 49.4 Å². The number of benzene rings is 1. The van der Waals surface area contributed by atoms with Crippen molar-refractivity contribution in [3.63, 3.8) is 0 Å². The molecule has 2 atom stereocenters. The van der Waals surface area contributed by atoms with Crippen molar-refractivity contribution in [3.05, 3.63) is 48.1 Å². The largest absolute Gasteiger partial charge is 0.352 e. The van der Waals surface area contributed by atoms with Crippen molar-refractivity contribution in [3.8, 4) is 0 Å². The molecular weight excluding hydrogens is 302 g/mol. The van der Waals surface area contributed by atoms with Gasteiger partial charge in [0.1, 0.15) is 11.6 Å². The highest BCUT2D eigenvalue weighted by molar-refractivity contribution is 5.90. The van der Waals surface area contributed by atoms with Crippen molar-refractivity contribution in [2.24, 2.45) is 5.92 Å². The quantitative estimate of drug-likeness (QED) is 0.863. The van der Waals surface area contributed by atoms with Crippen LogP contribution in [0.25, 0.3) is 0 Å². The number of likely N-dealkylation sites (tertiary alicyclic amines) is 1. The number of carbonyl (C=O) groups is 2. The van der Waals surface area contributed by atoms with Gasteiger partial charge in [-0.25, -0.2) is 8.78 Å². The van der Waals surface area contributed by atoms with Crippen LogP contribution >= 0.6 is 0 Å². The number of amides is 2. The van der Waals surface area contributed by atoms with E-state index in [2.05, 4.69) is 11.9 Å². The van der Waals surface area contributed by atoms with Crippen LogP contribution in [-0.2, 0) is 9.59 Å². The number of nitrogens with one attached hydrogen (secondary N) is 1. The average Bonchev–Trinajstić information content (AvgIpc) is 2.44. The second kappa shape index (κ2) is 6.10. The first-order valence-corrected chi connectivity index (χ1v) is 7.66. The number of halogens is 2. The lowest BCUT2D eigenvalue weighted by atomic mass is 9.74. The molecule has 1 saturated carbocycles. The highest BCUT2D eigenvalue weighted by atomic mass is 19.1. The third-order valence-corrected chi connectivity index (χ3v) is 4.70. The van der Waals surface area contributed by atoms with Crippen LogP contribution in [0.1, 0.15) is 24.3 Å². The van der Waals surface area contributed by atoms with Crippen molar-refractivity contribution in [2.75, 3.05) is 13.1 Å². The lowest BCUT2D eigenvalue weighted by Gasteiger charge is -2.42. The molecule has 3 rings (SSSR count). The van der Waals surface area contributed by atoms with Gasteiger partial charge >= 0.3 is 0 Å². The van der Waals surface area contributed by atoms with E-state index in [-0.39, 0.29) is 29.7 Å². The summed E-state index contributed by atoms with van der Waals surface area (Å²) in [5.41, 5.74) is 0.444. The number of nitrogens with zero attached hydrogens (tertiary/aromatic N) is 1. The predicted octanol–water partition coefficient (Wildman–Crippen LogP) is 1.97. The van der Waals surface area contributed by atoms with Crippen LogP contribution in [0.3, 0.4) is 0 Å². The molecule has 1 heterocycles. The molecule has 6 heteroatoms. The Morgan fingerprint density at radius 1 is 1.26 bits per heavy atom. The normalized spacial score (nSPS) is 23.7. The molecule has 0 aromatic heterocycles. The SMILES string of the molecule is C=CC(=O)N1CC(C(=O)N[C@H]2CC[C@H]2c2ccc(F)cc2F)C1. The van der Waals surface area contributed by atoms with Crippen molar-refractivity contribution in [2.45, 2.75) is 24.8 Å². The molecule has 23 heavy (non-hydrogen) atoms. The highest BCUT2D eigenvalue weighted by Gasteiger charge is 2.39. The maximum atomic E-state index is 13.8. The molecular formula is C17H18F2N2O2. The van der Waals surface area contributed by atoms with E-state index in [1.54, 1.807) is 4.90 Å². The Hall–Kier alpha value is -2.24. The second-order valence-corrected chi connectivity index (χ2v) is 6.11. The molecule has 2 aliphatic rings. The molecule has 1 aliphatic heterocycles. The van der Waals surface area contributed by atoms with Gasteiger partial charge in [0.05, 0.1) is 5.92 Å². The van der Waals surface area contributed by atoms with E-state index in [9.17, 15) is 18.4 Å². The third-order valence-electron chi connectivity index (χ3n) is 4.70. The molecule has 1 N–H and O–H groups in total. The average molecular weight is 320 g/mol. The Bertz CT molecular complexity index is 656. The molecule has 1 aliphatic carbocycles. The van der Waals surface area contributed by atoms with Gasteiger partial charge in [0.25, 0.3) is 0 Å². The van der Waals surface area contributed by atoms with E-state index in [1.165, 1.54) is 18.2 Å². The van der Waals surface area contributed by atoms with Crippen molar-refractivity contribution >= 4 is 11.8 Å². The zero-order chi connectivity index (χ0) is 16.6. The van der Waals surface area contributed by atoms with Gasteiger partial charge in [0.15, 0.2) is 0 Å². The fourth-order valence-corrected chi connectivity index (χ4v) is 3.10. The summed E-state index contributed by atoms with van der Waals surface area (Å²) in [6.45, 7) is 4.18. The molecule has 0 bridgehead atoms. The molecule has 0 unspecified atom stereocenters. The Labute approximate surface area is 133 Å². The van der Waals surface area contributed by atoms with Gasteiger partial charge in [-0.05, 0) is 30.5 Å². The molecule has 2 fully saturated rings. The highest BCUT2D eigenvalue weighted by Crippen LogP contribution is 2.38. The smallest absolute Gasteiger partial charge is 0.246 e. The first-order valence-electron chi connectivity index (χ1n) is 7.66. The number of hydrogen-bond donors (Lipinski definition) is 1. The van der Waals surface area contributed by atoms with E-state index < -0.39 is 11.6 Å². The Balaban J connectivity index is 1.56. The summed E-state index contributed by atoms with van der Waals surface area (Å²) >= 11 is 0. The minimum Gasteiger partial charge on any atom is -0.352 e. The van der Waals surface area contributed by atoms with Crippen LogP contribution in [0.5, 0.6) is 0 Å². The maximum Gasteiger partial charge on any atom is 0.246 e. The van der Waals surface area contributed by atoms with Gasteiger partial charge in [-0.1, -0.05) is 12.6 Å². The summed E-state index contributed by atoms with van der Waals surface area (Å²) in [4.78, 5) is 25.1. The van der Waals surface area contributed by atoms with E-state index in [4.69, 9.17) is 0 Å². The minimum absolute atomic E-state index is 0.115. The van der Waals surface area contributed by atoms with Gasteiger partial charge in [0.2, 0.25) is 11.8 Å². The first-order chi connectivity index (χ1) is 11.0. The lowest BCUT2D eigenvalue weighted by Crippen LogP contribution is -2.58. The lowest BCUT2D eigenvalue weighted by molar-refractivity contribution is -0.140.